The Labute approximate surface area is 105 Å². The van der Waals surface area contributed by atoms with Crippen molar-refractivity contribution in [3.63, 3.8) is 0 Å². The summed E-state index contributed by atoms with van der Waals surface area (Å²) in [5, 5.41) is 0. The van der Waals surface area contributed by atoms with Crippen molar-refractivity contribution in [2.24, 2.45) is 11.8 Å². The molecule has 0 aromatic carbocycles. The minimum absolute atomic E-state index is 0.306. The van der Waals surface area contributed by atoms with Crippen LogP contribution in [0.3, 0.4) is 0 Å². The molecule has 0 amide bonds. The molecule has 0 aliphatic carbocycles. The second-order valence-electron chi connectivity index (χ2n) is 4.74. The van der Waals surface area contributed by atoms with Crippen LogP contribution in [0, 0.1) is 11.8 Å². The van der Waals surface area contributed by atoms with Gasteiger partial charge in [0.2, 0.25) is 0 Å². The summed E-state index contributed by atoms with van der Waals surface area (Å²) in [5.74, 6) is 1.84. The number of sulfone groups is 1. The Kier molecular flexibility index (Phi) is 3.59. The van der Waals surface area contributed by atoms with E-state index in [1.807, 2.05) is 0 Å². The van der Waals surface area contributed by atoms with Gasteiger partial charge in [0, 0.05) is 61.8 Å². The molecule has 2 aliphatic rings. The molecular weight excluding hydrogens is 327 g/mol. The van der Waals surface area contributed by atoms with Gasteiger partial charge in [0.15, 0.2) is 0 Å². The number of likely N-dealkylation sites (tertiary alicyclic amines) is 1. The first-order chi connectivity index (χ1) is 6.94. The molecule has 0 aromatic rings. The molecule has 2 saturated heterocycles. The zero-order valence-electron chi connectivity index (χ0n) is 8.89. The number of halogens is 1. The van der Waals surface area contributed by atoms with Gasteiger partial charge in [-0.15, -0.1) is 0 Å². The highest BCUT2D eigenvalue weighted by Gasteiger charge is 2.39. The van der Waals surface area contributed by atoms with E-state index in [0.717, 1.165) is 24.9 Å². The lowest BCUT2D eigenvalue weighted by Crippen LogP contribution is -2.29. The van der Waals surface area contributed by atoms with Gasteiger partial charge < -0.3 is 4.90 Å². The zero-order chi connectivity index (χ0) is 11.1. The van der Waals surface area contributed by atoms with E-state index in [-0.39, 0.29) is 0 Å². The molecule has 0 radical (unpaired) electrons. The molecule has 1 unspecified atom stereocenters. The molecule has 0 aromatic heterocycles. The Morgan fingerprint density at radius 2 is 1.73 bits per heavy atom. The quantitative estimate of drug-likeness (QED) is 0.544. The molecule has 88 valence electrons. The molecular formula is C9H17IN2O2S. The summed E-state index contributed by atoms with van der Waals surface area (Å²) >= 11 is 2.38. The van der Waals surface area contributed by atoms with Gasteiger partial charge in [-0.2, -0.15) is 0 Å². The fourth-order valence-corrected chi connectivity index (χ4v) is 4.11. The van der Waals surface area contributed by atoms with Crippen molar-refractivity contribution in [1.29, 1.82) is 0 Å². The van der Waals surface area contributed by atoms with Gasteiger partial charge in [-0.05, 0) is 11.8 Å². The Balaban J connectivity index is 1.80. The van der Waals surface area contributed by atoms with Crippen LogP contribution in [-0.2, 0) is 9.84 Å². The van der Waals surface area contributed by atoms with Crippen molar-refractivity contribution in [1.82, 2.24) is 8.01 Å². The van der Waals surface area contributed by atoms with Gasteiger partial charge in [-0.1, -0.05) is 0 Å². The van der Waals surface area contributed by atoms with Crippen LogP contribution >= 0.6 is 22.9 Å². The van der Waals surface area contributed by atoms with Crippen molar-refractivity contribution < 1.29 is 8.42 Å². The summed E-state index contributed by atoms with van der Waals surface area (Å²) in [7, 11) is -2.80. The maximum Gasteiger partial charge on any atom is 0.148 e. The highest BCUT2D eigenvalue weighted by Crippen LogP contribution is 2.32. The number of nitrogens with zero attached hydrogens (tertiary/aromatic N) is 2. The third-order valence-electron chi connectivity index (χ3n) is 3.30. The maximum absolute atomic E-state index is 11.1. The summed E-state index contributed by atoms with van der Waals surface area (Å²) in [6.07, 6.45) is 1.32. The lowest BCUT2D eigenvalue weighted by Gasteiger charge is -2.17. The smallest absolute Gasteiger partial charge is 0.148 e. The molecule has 2 fully saturated rings. The van der Waals surface area contributed by atoms with Crippen LogP contribution in [0.2, 0.25) is 0 Å². The summed E-state index contributed by atoms with van der Waals surface area (Å²) in [6, 6.07) is 0. The van der Waals surface area contributed by atoms with E-state index in [0.29, 0.717) is 12.3 Å². The Morgan fingerprint density at radius 3 is 2.20 bits per heavy atom. The van der Waals surface area contributed by atoms with Gasteiger partial charge in [0.05, 0.1) is 5.75 Å². The molecule has 0 N–H and O–H groups in total. The second kappa shape index (κ2) is 4.46. The van der Waals surface area contributed by atoms with Gasteiger partial charge in [0.1, 0.15) is 9.84 Å². The van der Waals surface area contributed by atoms with E-state index in [1.165, 1.54) is 19.3 Å². The second-order valence-corrected chi connectivity index (χ2v) is 8.36. The fourth-order valence-electron chi connectivity index (χ4n) is 2.51. The zero-order valence-corrected chi connectivity index (χ0v) is 11.9. The minimum atomic E-state index is -2.80. The average Bonchev–Trinajstić information content (AvgIpc) is 2.55. The van der Waals surface area contributed by atoms with Crippen LogP contribution in [0.4, 0.5) is 0 Å². The minimum Gasteiger partial charge on any atom is -0.302 e. The molecule has 6 heteroatoms. The molecule has 4 nitrogen and oxygen atoms in total. The summed E-state index contributed by atoms with van der Waals surface area (Å²) in [6.45, 7) is 5.22. The molecule has 0 saturated carbocycles. The van der Waals surface area contributed by atoms with E-state index < -0.39 is 9.84 Å². The van der Waals surface area contributed by atoms with Crippen molar-refractivity contribution in [3.8, 4) is 0 Å². The molecule has 2 rings (SSSR count). The van der Waals surface area contributed by atoms with Crippen LogP contribution in [0.25, 0.3) is 0 Å². The van der Waals surface area contributed by atoms with E-state index in [1.54, 1.807) is 0 Å². The van der Waals surface area contributed by atoms with Crippen LogP contribution < -0.4 is 0 Å². The monoisotopic (exact) mass is 344 g/mol. The van der Waals surface area contributed by atoms with E-state index in [2.05, 4.69) is 30.9 Å². The van der Waals surface area contributed by atoms with Crippen molar-refractivity contribution in [3.05, 3.63) is 0 Å². The first kappa shape index (κ1) is 12.1. The van der Waals surface area contributed by atoms with E-state index in [4.69, 9.17) is 0 Å². The molecule has 2 aliphatic heterocycles. The van der Waals surface area contributed by atoms with Gasteiger partial charge >= 0.3 is 0 Å². The van der Waals surface area contributed by atoms with Crippen LogP contribution in [0.1, 0.15) is 0 Å². The largest absolute Gasteiger partial charge is 0.302 e. The van der Waals surface area contributed by atoms with Gasteiger partial charge in [0.25, 0.3) is 0 Å². The van der Waals surface area contributed by atoms with Crippen molar-refractivity contribution in [2.45, 2.75) is 0 Å². The highest BCUT2D eigenvalue weighted by atomic mass is 127. The Bertz CT molecular complexity index is 319. The average molecular weight is 344 g/mol. The van der Waals surface area contributed by atoms with E-state index >= 15 is 0 Å². The van der Waals surface area contributed by atoms with Gasteiger partial charge in [-0.3, -0.25) is 0 Å². The maximum atomic E-state index is 11.1. The third kappa shape index (κ3) is 3.28. The third-order valence-corrected chi connectivity index (χ3v) is 5.01. The highest BCUT2D eigenvalue weighted by molar-refractivity contribution is 14.1. The molecule has 0 bridgehead atoms. The molecule has 2 heterocycles. The number of hydrogen-bond donors (Lipinski definition) is 0. The summed E-state index contributed by atoms with van der Waals surface area (Å²) in [5.41, 5.74) is 0. The number of rotatable bonds is 3. The standard InChI is InChI=1S/C9H17IN2O2S/c1-15(13,14)3-2-11-4-8-6-12(10)7-9(8)5-11/h8-9H,2-7H2,1H3/t8-,9?/m0/s1. The lowest BCUT2D eigenvalue weighted by atomic mass is 10.0. The van der Waals surface area contributed by atoms with Gasteiger partial charge in [-0.25, -0.2) is 11.5 Å². The Morgan fingerprint density at radius 1 is 1.20 bits per heavy atom. The topological polar surface area (TPSA) is 40.6 Å². The SMILES string of the molecule is CS(=O)(=O)CCN1CC2CN(I)C[C@@H]2C1. The Hall–Kier alpha value is 0.600. The van der Waals surface area contributed by atoms with Crippen LogP contribution in [-0.4, -0.2) is 61.2 Å². The first-order valence-corrected chi connectivity index (χ1v) is 8.27. The van der Waals surface area contributed by atoms with Crippen molar-refractivity contribution >= 4 is 32.7 Å². The summed E-state index contributed by atoms with van der Waals surface area (Å²) in [4.78, 5) is 2.31. The van der Waals surface area contributed by atoms with Crippen LogP contribution in [0.5, 0.6) is 0 Å². The number of hydrogen-bond acceptors (Lipinski definition) is 4. The predicted octanol–water partition coefficient (Wildman–Crippen LogP) is 0.245. The number of fused-ring (bicyclic) bond motifs is 1. The van der Waals surface area contributed by atoms with E-state index in [9.17, 15) is 8.42 Å². The summed E-state index contributed by atoms with van der Waals surface area (Å²) < 4.78 is 24.4. The lowest BCUT2D eigenvalue weighted by molar-refractivity contribution is 0.320. The molecule has 0 spiro atoms. The molecule has 2 atom stereocenters. The van der Waals surface area contributed by atoms with Crippen LogP contribution in [0.15, 0.2) is 0 Å². The van der Waals surface area contributed by atoms with Crippen molar-refractivity contribution in [2.75, 3.05) is 44.7 Å². The fraction of sp³-hybridized carbons (Fsp3) is 1.00. The predicted molar refractivity (Wildman–Crippen MR) is 68.7 cm³/mol. The normalized spacial score (nSPS) is 33.5. The molecule has 15 heavy (non-hydrogen) atoms. The first-order valence-electron chi connectivity index (χ1n) is 5.25.